The Kier molecular flexibility index (Phi) is 49.4. The van der Waals surface area contributed by atoms with E-state index in [2.05, 4.69) is 21.1 Å². The van der Waals surface area contributed by atoms with Gasteiger partial charge in [0.05, 0.1) is 0 Å². The largest absolute Gasteiger partial charge is 0 e. The molecule has 0 saturated heterocycles. The van der Waals surface area contributed by atoms with Gasteiger partial charge >= 0.3 is 32.8 Å². The fraction of sp³-hybridized carbons (Fsp3) is 0. The Morgan fingerprint density at radius 1 is 1.00 bits per heavy atom. The van der Waals surface area contributed by atoms with Gasteiger partial charge in [-0.05, 0) is 0 Å². The van der Waals surface area contributed by atoms with Crippen LogP contribution in [0.1, 0.15) is 0 Å². The average molecular weight is 189 g/mol. The fourth-order valence-electron chi connectivity index (χ4n) is 0. The smallest absolute Gasteiger partial charge is 0 e. The Morgan fingerprint density at radius 2 is 1.00 bits per heavy atom. The Balaban J connectivity index is -0.0000000200. The molecule has 0 rings (SSSR count). The number of rotatable bonds is 0. The van der Waals surface area contributed by atoms with E-state index in [0.29, 0.717) is 0 Å². The summed E-state index contributed by atoms with van der Waals surface area (Å²) in [6.07, 6.45) is 0. The van der Waals surface area contributed by atoms with Crippen LogP contribution in [0.25, 0.3) is 0 Å². The van der Waals surface area contributed by atoms with Crippen LogP contribution in [-0.2, 0) is 0 Å². The van der Waals surface area contributed by atoms with Crippen molar-refractivity contribution in [1.82, 2.24) is 0 Å². The summed E-state index contributed by atoms with van der Waals surface area (Å²) in [5, 5.41) is 0. The quantitative estimate of drug-likeness (QED) is 0.497. The topological polar surface area (TPSA) is 0 Å². The molecule has 0 saturated carbocycles. The van der Waals surface area contributed by atoms with Crippen LogP contribution in [-0.4, -0.2) is 70.8 Å². The Labute approximate surface area is 89.9 Å². The van der Waals surface area contributed by atoms with E-state index in [1.54, 1.807) is 0 Å². The second-order valence-electron chi connectivity index (χ2n) is 0.0680. The normalized spacial score (nSPS) is 2.40. The third-order valence-electron chi connectivity index (χ3n) is 0. The molecular formula is Na2S2Se. The maximum atomic E-state index is 4.27. The third kappa shape index (κ3) is 19.5. The zero-order valence-corrected chi connectivity index (χ0v) is 10.6. The minimum absolute atomic E-state index is 0. The summed E-state index contributed by atoms with van der Waals surface area (Å²) in [6.45, 7) is 0. The van der Waals surface area contributed by atoms with Gasteiger partial charge in [0.25, 0.3) is 0 Å². The van der Waals surface area contributed by atoms with Crippen LogP contribution >= 0.6 is 21.1 Å². The van der Waals surface area contributed by atoms with Crippen LogP contribution in [0.5, 0.6) is 0 Å². The van der Waals surface area contributed by atoms with E-state index in [-0.39, 0.29) is 70.8 Å². The Morgan fingerprint density at radius 3 is 1.00 bits per heavy atom. The molecule has 0 nitrogen and oxygen atoms in total. The molecule has 0 aromatic rings. The van der Waals surface area contributed by atoms with Gasteiger partial charge in [0, 0.05) is 59.1 Å². The van der Waals surface area contributed by atoms with Crippen LogP contribution < -0.4 is 0 Å². The Bertz CT molecular complexity index is 28.6. The van der Waals surface area contributed by atoms with Crippen molar-refractivity contribution in [1.29, 1.82) is 0 Å². The minimum atomic E-state index is 0. The van der Waals surface area contributed by atoms with Gasteiger partial charge in [0.1, 0.15) is 0 Å². The van der Waals surface area contributed by atoms with Gasteiger partial charge in [-0.3, -0.25) is 0 Å². The summed E-state index contributed by atoms with van der Waals surface area (Å²) in [6, 6.07) is 0. The number of hydrogen-bond acceptors (Lipinski definition) is 2. The Hall–Kier alpha value is 2.96. The molecule has 0 N–H and O–H groups in total. The van der Waals surface area contributed by atoms with Crippen LogP contribution in [0, 0.1) is 0 Å². The van der Waals surface area contributed by atoms with Crippen LogP contribution in [0.4, 0.5) is 0 Å². The van der Waals surface area contributed by atoms with Gasteiger partial charge in [-0.2, -0.15) is 0 Å². The molecule has 0 heterocycles. The first-order valence-corrected chi connectivity index (χ1v) is 5.20. The molecule has 0 aliphatic rings. The summed E-state index contributed by atoms with van der Waals surface area (Å²) < 4.78 is 0. The third-order valence-corrected chi connectivity index (χ3v) is 0. The molecule has 0 aliphatic carbocycles. The molecule has 0 spiro atoms. The summed E-state index contributed by atoms with van der Waals surface area (Å²) in [7, 11) is 8.54. The molecule has 0 aromatic heterocycles. The standard InChI is InChI=1S/2Na.S2Se/c;;1-3-2. The van der Waals surface area contributed by atoms with Crippen LogP contribution in [0.15, 0.2) is 0 Å². The zero-order valence-electron chi connectivity index (χ0n) is 3.22. The van der Waals surface area contributed by atoms with Gasteiger partial charge in [0.2, 0.25) is 0 Å². The van der Waals surface area contributed by atoms with Crippen molar-refractivity contribution in [3.63, 3.8) is 0 Å². The summed E-state index contributed by atoms with van der Waals surface area (Å²) in [5.74, 6) is 0. The molecular weight excluding hydrogens is 189 g/mol. The second-order valence-corrected chi connectivity index (χ2v) is 3.18. The molecule has 5 heteroatoms. The van der Waals surface area contributed by atoms with E-state index >= 15 is 0 Å². The molecule has 0 aromatic carbocycles. The molecule has 0 atom stereocenters. The van der Waals surface area contributed by atoms with Gasteiger partial charge in [-0.1, -0.05) is 0 Å². The van der Waals surface area contributed by atoms with E-state index in [4.69, 9.17) is 0 Å². The van der Waals surface area contributed by atoms with Crippen molar-refractivity contribution in [3.05, 3.63) is 0 Å². The first-order chi connectivity index (χ1) is 1.41. The van der Waals surface area contributed by atoms with Gasteiger partial charge in [0.15, 0.2) is 0 Å². The van der Waals surface area contributed by atoms with Crippen molar-refractivity contribution in [2.45, 2.75) is 0 Å². The number of hydrogen-bond donors (Lipinski definition) is 0. The SMILES string of the molecule is S=[Se]=S.[Na].[Na]. The van der Waals surface area contributed by atoms with Crippen molar-refractivity contribution in [2.75, 3.05) is 0 Å². The monoisotopic (exact) mass is 190 g/mol. The first kappa shape index (κ1) is 15.7. The molecule has 5 heavy (non-hydrogen) atoms. The zero-order chi connectivity index (χ0) is 2.71. The van der Waals surface area contributed by atoms with Crippen molar-refractivity contribution < 1.29 is 0 Å². The summed E-state index contributed by atoms with van der Waals surface area (Å²) in [4.78, 5) is 0. The molecule has 0 amide bonds. The van der Waals surface area contributed by atoms with E-state index in [1.807, 2.05) is 0 Å². The van der Waals surface area contributed by atoms with Gasteiger partial charge in [-0.25, -0.2) is 0 Å². The summed E-state index contributed by atoms with van der Waals surface area (Å²) in [5.41, 5.74) is 0. The molecule has 0 bridgehead atoms. The molecule has 0 fully saturated rings. The first-order valence-electron chi connectivity index (χ1n) is 0.333. The molecule has 2 radical (unpaired) electrons. The van der Waals surface area contributed by atoms with Gasteiger partial charge in [-0.15, -0.1) is 0 Å². The molecule has 0 unspecified atom stereocenters. The van der Waals surface area contributed by atoms with E-state index in [9.17, 15) is 0 Å². The van der Waals surface area contributed by atoms with Crippen LogP contribution in [0.3, 0.4) is 0 Å². The van der Waals surface area contributed by atoms with Crippen molar-refractivity contribution in [3.8, 4) is 0 Å². The second kappa shape index (κ2) is 15.8. The predicted molar refractivity (Wildman–Crippen MR) is 32.4 cm³/mol. The van der Waals surface area contributed by atoms with E-state index in [0.717, 1.165) is 0 Å². The fourth-order valence-corrected chi connectivity index (χ4v) is 0. The maximum Gasteiger partial charge on any atom is 0 e. The average Bonchev–Trinajstić information content (AvgIpc) is 0.918. The van der Waals surface area contributed by atoms with E-state index in [1.165, 1.54) is 0 Å². The summed E-state index contributed by atoms with van der Waals surface area (Å²) >= 11 is 0.0417. The van der Waals surface area contributed by atoms with Crippen molar-refractivity contribution in [2.24, 2.45) is 0 Å². The van der Waals surface area contributed by atoms with Crippen LogP contribution in [0.2, 0.25) is 0 Å². The minimum Gasteiger partial charge on any atom is 0 e. The predicted octanol–water partition coefficient (Wildman–Crippen LogP) is 0.154. The molecule has 20 valence electrons. The van der Waals surface area contributed by atoms with Gasteiger partial charge < -0.3 is 0 Å². The van der Waals surface area contributed by atoms with Crippen molar-refractivity contribution >= 4 is 91.9 Å². The molecule has 0 aliphatic heterocycles. The maximum absolute atomic E-state index is 4.27. The van der Waals surface area contributed by atoms with E-state index < -0.39 is 0 Å².